The van der Waals surface area contributed by atoms with Crippen molar-refractivity contribution in [3.8, 4) is 5.75 Å². The standard InChI is InChI=1S/C21H22ClN3O4S2/c1-3-31(27,28)15-6-4-5-14(13-15)20(26)24-9-11-25(12-10-24)21-23-18-17(29-2)8-7-16(22)19(18)30-21/h4-8,13H,3,9-12H2,1-2H3. The molecule has 1 saturated heterocycles. The average molecular weight is 480 g/mol. The Hall–Kier alpha value is -2.36. The lowest BCUT2D eigenvalue weighted by Gasteiger charge is -2.34. The first kappa shape index (κ1) is 21.9. The fraction of sp³-hybridized carbons (Fsp3) is 0.333. The number of benzene rings is 2. The van der Waals surface area contributed by atoms with Gasteiger partial charge in [0.25, 0.3) is 5.91 Å². The Morgan fingerprint density at radius 2 is 1.94 bits per heavy atom. The summed E-state index contributed by atoms with van der Waals surface area (Å²) >= 11 is 7.83. The zero-order valence-electron chi connectivity index (χ0n) is 17.2. The number of anilines is 1. The van der Waals surface area contributed by atoms with Gasteiger partial charge in [0.05, 0.1) is 27.5 Å². The molecule has 7 nitrogen and oxygen atoms in total. The van der Waals surface area contributed by atoms with Crippen LogP contribution >= 0.6 is 22.9 Å². The largest absolute Gasteiger partial charge is 0.494 e. The fourth-order valence-electron chi connectivity index (χ4n) is 3.51. The van der Waals surface area contributed by atoms with Crippen LogP contribution in [-0.2, 0) is 9.84 Å². The number of hydrogen-bond acceptors (Lipinski definition) is 7. The van der Waals surface area contributed by atoms with Gasteiger partial charge in [0, 0.05) is 31.7 Å². The number of methoxy groups -OCH3 is 1. The normalized spacial score (nSPS) is 14.8. The van der Waals surface area contributed by atoms with E-state index in [0.29, 0.717) is 42.5 Å². The highest BCUT2D eigenvalue weighted by molar-refractivity contribution is 7.91. The van der Waals surface area contributed by atoms with Gasteiger partial charge >= 0.3 is 0 Å². The maximum absolute atomic E-state index is 12.9. The van der Waals surface area contributed by atoms with Crippen molar-refractivity contribution in [2.24, 2.45) is 0 Å². The van der Waals surface area contributed by atoms with E-state index < -0.39 is 9.84 Å². The van der Waals surface area contributed by atoms with Crippen molar-refractivity contribution in [1.29, 1.82) is 0 Å². The first-order valence-corrected chi connectivity index (χ1v) is 12.7. The van der Waals surface area contributed by atoms with Crippen molar-refractivity contribution in [2.75, 3.05) is 43.9 Å². The molecule has 10 heteroatoms. The lowest BCUT2D eigenvalue weighted by atomic mass is 10.2. The topological polar surface area (TPSA) is 79.8 Å². The summed E-state index contributed by atoms with van der Waals surface area (Å²) in [5.41, 5.74) is 1.13. The van der Waals surface area contributed by atoms with E-state index in [-0.39, 0.29) is 16.6 Å². The summed E-state index contributed by atoms with van der Waals surface area (Å²) in [5.74, 6) is 0.514. The Morgan fingerprint density at radius 3 is 2.61 bits per heavy atom. The summed E-state index contributed by atoms with van der Waals surface area (Å²) in [5, 5.41) is 1.47. The Labute approximate surface area is 190 Å². The van der Waals surface area contributed by atoms with Crippen LogP contribution in [0.4, 0.5) is 5.13 Å². The first-order valence-electron chi connectivity index (χ1n) is 9.84. The number of sulfone groups is 1. The number of fused-ring (bicyclic) bond motifs is 1. The summed E-state index contributed by atoms with van der Waals surface area (Å²) < 4.78 is 30.6. The van der Waals surface area contributed by atoms with Crippen molar-refractivity contribution in [3.05, 3.63) is 47.0 Å². The lowest BCUT2D eigenvalue weighted by molar-refractivity contribution is 0.0746. The summed E-state index contributed by atoms with van der Waals surface area (Å²) in [6, 6.07) is 9.87. The summed E-state index contributed by atoms with van der Waals surface area (Å²) in [7, 11) is -1.75. The van der Waals surface area contributed by atoms with Crippen molar-refractivity contribution in [2.45, 2.75) is 11.8 Å². The molecule has 3 aromatic rings. The van der Waals surface area contributed by atoms with E-state index in [2.05, 4.69) is 4.90 Å². The van der Waals surface area contributed by atoms with Gasteiger partial charge in [-0.3, -0.25) is 4.79 Å². The predicted molar refractivity (Wildman–Crippen MR) is 123 cm³/mol. The second-order valence-corrected chi connectivity index (χ2v) is 10.8. The highest BCUT2D eigenvalue weighted by Crippen LogP contribution is 2.38. The Morgan fingerprint density at radius 1 is 1.19 bits per heavy atom. The molecule has 0 spiro atoms. The Kier molecular flexibility index (Phi) is 6.09. The van der Waals surface area contributed by atoms with E-state index in [1.807, 2.05) is 0 Å². The zero-order chi connectivity index (χ0) is 22.2. The smallest absolute Gasteiger partial charge is 0.254 e. The second-order valence-electron chi connectivity index (χ2n) is 7.13. The molecule has 0 saturated carbocycles. The highest BCUT2D eigenvalue weighted by Gasteiger charge is 2.25. The third kappa shape index (κ3) is 4.22. The van der Waals surface area contributed by atoms with Gasteiger partial charge in [0.15, 0.2) is 15.0 Å². The van der Waals surface area contributed by atoms with Gasteiger partial charge in [-0.2, -0.15) is 0 Å². The van der Waals surface area contributed by atoms with Crippen molar-refractivity contribution in [3.63, 3.8) is 0 Å². The number of amides is 1. The van der Waals surface area contributed by atoms with Crippen LogP contribution in [0.3, 0.4) is 0 Å². The fourth-order valence-corrected chi connectivity index (χ4v) is 5.75. The maximum Gasteiger partial charge on any atom is 0.254 e. The van der Waals surface area contributed by atoms with Gasteiger partial charge in [-0.05, 0) is 30.3 Å². The molecular formula is C21H22ClN3O4S2. The lowest BCUT2D eigenvalue weighted by Crippen LogP contribution is -2.48. The highest BCUT2D eigenvalue weighted by atomic mass is 35.5. The molecule has 31 heavy (non-hydrogen) atoms. The number of aromatic nitrogens is 1. The Bertz CT molecular complexity index is 1230. The summed E-state index contributed by atoms with van der Waals surface area (Å²) in [6.07, 6.45) is 0. The molecule has 1 aliphatic heterocycles. The molecule has 1 amide bonds. The van der Waals surface area contributed by atoms with Crippen molar-refractivity contribution < 1.29 is 17.9 Å². The molecule has 1 aromatic heterocycles. The molecular weight excluding hydrogens is 458 g/mol. The molecule has 2 heterocycles. The van der Waals surface area contributed by atoms with Crippen LogP contribution in [0.1, 0.15) is 17.3 Å². The third-order valence-electron chi connectivity index (χ3n) is 5.32. The summed E-state index contributed by atoms with van der Waals surface area (Å²) in [6.45, 7) is 3.87. The van der Waals surface area contributed by atoms with Crippen molar-refractivity contribution in [1.82, 2.24) is 9.88 Å². The predicted octanol–water partition coefficient (Wildman–Crippen LogP) is 3.71. The van der Waals surface area contributed by atoms with Crippen molar-refractivity contribution >= 4 is 54.0 Å². The van der Waals surface area contributed by atoms with Gasteiger partial charge in [-0.25, -0.2) is 13.4 Å². The van der Waals surface area contributed by atoms with E-state index in [0.717, 1.165) is 15.3 Å². The van der Waals surface area contributed by atoms with Gasteiger partial charge in [-0.1, -0.05) is 35.9 Å². The number of thiazole rings is 1. The van der Waals surface area contributed by atoms with E-state index in [4.69, 9.17) is 21.3 Å². The van der Waals surface area contributed by atoms with E-state index >= 15 is 0 Å². The molecule has 1 fully saturated rings. The quantitative estimate of drug-likeness (QED) is 0.555. The number of ether oxygens (including phenoxy) is 1. The van der Waals surface area contributed by atoms with Crippen LogP contribution in [0.5, 0.6) is 5.75 Å². The maximum atomic E-state index is 12.9. The molecule has 164 valence electrons. The van der Waals surface area contributed by atoms with E-state index in [1.54, 1.807) is 43.2 Å². The van der Waals surface area contributed by atoms with Crippen LogP contribution in [-0.4, -0.2) is 63.3 Å². The van der Waals surface area contributed by atoms with Crippen LogP contribution in [0.25, 0.3) is 10.2 Å². The van der Waals surface area contributed by atoms with Gasteiger partial charge in [-0.15, -0.1) is 0 Å². The van der Waals surface area contributed by atoms with Crippen LogP contribution < -0.4 is 9.64 Å². The molecule has 0 N–H and O–H groups in total. The first-order chi connectivity index (χ1) is 14.8. The molecule has 1 aliphatic rings. The van der Waals surface area contributed by atoms with Crippen LogP contribution in [0.15, 0.2) is 41.3 Å². The van der Waals surface area contributed by atoms with Gasteiger partial charge in [0.2, 0.25) is 0 Å². The molecule has 0 unspecified atom stereocenters. The number of nitrogens with zero attached hydrogens (tertiary/aromatic N) is 3. The zero-order valence-corrected chi connectivity index (χ0v) is 19.6. The monoisotopic (exact) mass is 479 g/mol. The average Bonchev–Trinajstić information content (AvgIpc) is 3.25. The molecule has 0 bridgehead atoms. The van der Waals surface area contributed by atoms with E-state index in [9.17, 15) is 13.2 Å². The number of halogens is 1. The molecule has 4 rings (SSSR count). The SMILES string of the molecule is CCS(=O)(=O)c1cccc(C(=O)N2CCN(c3nc4c(OC)ccc(Cl)c4s3)CC2)c1. The number of rotatable bonds is 5. The minimum absolute atomic E-state index is 0.000285. The molecule has 0 atom stereocenters. The number of carbonyl (C=O) groups is 1. The minimum Gasteiger partial charge on any atom is -0.494 e. The number of carbonyl (C=O) groups excluding carboxylic acids is 1. The van der Waals surface area contributed by atoms with Gasteiger partial charge in [0.1, 0.15) is 11.3 Å². The molecule has 2 aromatic carbocycles. The van der Waals surface area contributed by atoms with Crippen LogP contribution in [0, 0.1) is 0 Å². The number of piperazine rings is 1. The molecule has 0 radical (unpaired) electrons. The number of hydrogen-bond donors (Lipinski definition) is 0. The third-order valence-corrected chi connectivity index (χ3v) is 8.63. The second kappa shape index (κ2) is 8.64. The summed E-state index contributed by atoms with van der Waals surface area (Å²) in [4.78, 5) is 21.7. The molecule has 0 aliphatic carbocycles. The van der Waals surface area contributed by atoms with Crippen LogP contribution in [0.2, 0.25) is 5.02 Å². The Balaban J connectivity index is 1.49. The van der Waals surface area contributed by atoms with E-state index in [1.165, 1.54) is 23.5 Å². The minimum atomic E-state index is -3.36. The van der Waals surface area contributed by atoms with Gasteiger partial charge < -0.3 is 14.5 Å².